The number of carbonyl (C=O) groups excluding carboxylic acids is 3. The minimum Gasteiger partial charge on any atom is -0.466 e. The van der Waals surface area contributed by atoms with E-state index in [-0.39, 0.29) is 21.8 Å². The van der Waals surface area contributed by atoms with Gasteiger partial charge in [0.25, 0.3) is 11.8 Å². The minimum absolute atomic E-state index is 0.157. The highest BCUT2D eigenvalue weighted by atomic mass is 32.2. The molecular formula is C20H12F4N2O4S. The van der Waals surface area contributed by atoms with Crippen molar-refractivity contribution < 1.29 is 36.7 Å². The van der Waals surface area contributed by atoms with Crippen LogP contribution in [0.2, 0.25) is 0 Å². The molecule has 31 heavy (non-hydrogen) atoms. The molecule has 0 N–H and O–H groups in total. The third kappa shape index (κ3) is 4.36. The second kappa shape index (κ2) is 8.72. The van der Waals surface area contributed by atoms with Crippen molar-refractivity contribution in [1.82, 2.24) is 0 Å². The van der Waals surface area contributed by atoms with Crippen LogP contribution >= 0.6 is 11.8 Å². The van der Waals surface area contributed by atoms with Crippen LogP contribution in [-0.2, 0) is 14.3 Å². The van der Waals surface area contributed by atoms with E-state index in [0.29, 0.717) is 11.8 Å². The van der Waals surface area contributed by atoms with Crippen molar-refractivity contribution in [2.45, 2.75) is 6.92 Å². The van der Waals surface area contributed by atoms with E-state index < -0.39 is 46.6 Å². The summed E-state index contributed by atoms with van der Waals surface area (Å²) in [5.74, 6) is -11.0. The summed E-state index contributed by atoms with van der Waals surface area (Å²) in [5.41, 5.74) is -0.0340. The molecule has 160 valence electrons. The van der Waals surface area contributed by atoms with Crippen LogP contribution in [0.5, 0.6) is 0 Å². The van der Waals surface area contributed by atoms with Gasteiger partial charge in [0.15, 0.2) is 28.4 Å². The molecule has 2 aromatic carbocycles. The van der Waals surface area contributed by atoms with Crippen LogP contribution in [0.4, 0.5) is 23.2 Å². The molecule has 0 atom stereocenters. The Bertz CT molecular complexity index is 1160. The lowest BCUT2D eigenvalue weighted by atomic mass is 10.2. The lowest BCUT2D eigenvalue weighted by Crippen LogP contribution is -2.29. The normalized spacial score (nSPS) is 16.3. The molecule has 0 aromatic heterocycles. The number of thioether (sulfide) groups is 1. The van der Waals surface area contributed by atoms with E-state index in [4.69, 9.17) is 0 Å². The first kappa shape index (κ1) is 22.2. The summed E-state index contributed by atoms with van der Waals surface area (Å²) < 4.78 is 58.6. The smallest absolute Gasteiger partial charge is 0.331 e. The van der Waals surface area contributed by atoms with E-state index in [1.807, 2.05) is 0 Å². The lowest BCUT2D eigenvalue weighted by molar-refractivity contribution is -0.135. The van der Waals surface area contributed by atoms with Gasteiger partial charge in [0.2, 0.25) is 0 Å². The Labute approximate surface area is 177 Å². The average molecular weight is 452 g/mol. The summed E-state index contributed by atoms with van der Waals surface area (Å²) in [6.45, 7) is 1.80. The number of hydrogen-bond donors (Lipinski definition) is 0. The molecule has 0 unspecified atom stereocenters. The molecule has 1 heterocycles. The van der Waals surface area contributed by atoms with Crippen molar-refractivity contribution in [3.63, 3.8) is 0 Å². The zero-order valence-electron chi connectivity index (χ0n) is 15.9. The third-order valence-corrected chi connectivity index (χ3v) is 5.05. The first-order chi connectivity index (χ1) is 14.6. The van der Waals surface area contributed by atoms with E-state index in [2.05, 4.69) is 9.73 Å². The number of aliphatic imine (C=N–C) groups is 1. The zero-order valence-corrected chi connectivity index (χ0v) is 16.7. The van der Waals surface area contributed by atoms with Gasteiger partial charge in [-0.1, -0.05) is 17.7 Å². The summed E-state index contributed by atoms with van der Waals surface area (Å²) in [7, 11) is 1.10. The first-order valence-electron chi connectivity index (χ1n) is 8.48. The van der Waals surface area contributed by atoms with Gasteiger partial charge in [0.05, 0.1) is 23.3 Å². The van der Waals surface area contributed by atoms with Crippen LogP contribution in [0.3, 0.4) is 0 Å². The molecule has 11 heteroatoms. The Kier molecular flexibility index (Phi) is 6.25. The molecular weight excluding hydrogens is 440 g/mol. The van der Waals surface area contributed by atoms with Crippen LogP contribution in [0, 0.1) is 30.2 Å². The number of halogens is 4. The Morgan fingerprint density at radius 1 is 1.06 bits per heavy atom. The maximum atomic E-state index is 14.0. The van der Waals surface area contributed by atoms with Gasteiger partial charge in [-0.05, 0) is 36.9 Å². The number of benzene rings is 2. The third-order valence-electron chi connectivity index (χ3n) is 4.08. The van der Waals surface area contributed by atoms with Crippen molar-refractivity contribution in [2.24, 2.45) is 4.99 Å². The molecule has 6 nitrogen and oxygen atoms in total. The van der Waals surface area contributed by atoms with Crippen molar-refractivity contribution >= 4 is 40.4 Å². The van der Waals surface area contributed by atoms with Crippen LogP contribution in [-0.4, -0.2) is 30.1 Å². The number of carbonyl (C=O) groups is 3. The van der Waals surface area contributed by atoms with Crippen LogP contribution in [0.15, 0.2) is 46.3 Å². The summed E-state index contributed by atoms with van der Waals surface area (Å²) in [4.78, 5) is 41.1. The number of amides is 2. The number of esters is 1. The maximum absolute atomic E-state index is 14.0. The number of ether oxygens (including phenoxy) is 1. The first-order valence-corrected chi connectivity index (χ1v) is 9.30. The van der Waals surface area contributed by atoms with Gasteiger partial charge in [-0.25, -0.2) is 22.4 Å². The van der Waals surface area contributed by atoms with Gasteiger partial charge in [0, 0.05) is 6.08 Å². The monoisotopic (exact) mass is 452 g/mol. The molecule has 0 aliphatic carbocycles. The van der Waals surface area contributed by atoms with E-state index >= 15 is 0 Å². The largest absolute Gasteiger partial charge is 0.466 e. The molecule has 0 saturated carbocycles. The fourth-order valence-electron chi connectivity index (χ4n) is 2.51. The number of hydrogen-bond acceptors (Lipinski definition) is 5. The molecule has 1 aliphatic rings. The molecule has 1 saturated heterocycles. The van der Waals surface area contributed by atoms with Gasteiger partial charge in [0.1, 0.15) is 0 Å². The lowest BCUT2D eigenvalue weighted by Gasteiger charge is -2.15. The summed E-state index contributed by atoms with van der Waals surface area (Å²) >= 11 is 0.592. The number of aryl methyl sites for hydroxylation is 1. The second-order valence-corrected chi connectivity index (χ2v) is 7.17. The highest BCUT2D eigenvalue weighted by Gasteiger charge is 2.36. The van der Waals surface area contributed by atoms with Crippen LogP contribution in [0.25, 0.3) is 0 Å². The predicted molar refractivity (Wildman–Crippen MR) is 104 cm³/mol. The average Bonchev–Trinajstić information content (AvgIpc) is 3.04. The number of rotatable bonds is 3. The summed E-state index contributed by atoms with van der Waals surface area (Å²) in [6, 6.07) is 6.57. The van der Waals surface area contributed by atoms with Gasteiger partial charge in [-0.15, -0.1) is 0 Å². The molecule has 1 fully saturated rings. The number of nitrogens with zero attached hydrogens (tertiary/aromatic N) is 2. The van der Waals surface area contributed by atoms with Crippen LogP contribution in [0.1, 0.15) is 15.9 Å². The maximum Gasteiger partial charge on any atom is 0.331 e. The standard InChI is InChI=1S/C20H12F4N2O4S/c1-9-3-5-10(6-4-9)26-19(29)13(8-14(27)30-2)31-20(26)25-18(28)11-7-12(21)16(23)17(24)15(11)22/h3-8H,1-2H3. The zero-order chi connectivity index (χ0) is 22.9. The summed E-state index contributed by atoms with van der Waals surface area (Å²) in [5, 5.41) is -0.307. The minimum atomic E-state index is -2.17. The van der Waals surface area contributed by atoms with E-state index in [0.717, 1.165) is 23.6 Å². The molecule has 1 aliphatic heterocycles. The highest BCUT2D eigenvalue weighted by molar-refractivity contribution is 8.19. The highest BCUT2D eigenvalue weighted by Crippen LogP contribution is 2.35. The van der Waals surface area contributed by atoms with Crippen molar-refractivity contribution in [2.75, 3.05) is 12.0 Å². The molecule has 0 bridgehead atoms. The van der Waals surface area contributed by atoms with Crippen molar-refractivity contribution in [3.8, 4) is 0 Å². The summed E-state index contributed by atoms with van der Waals surface area (Å²) in [6.07, 6.45) is 0.874. The number of amidine groups is 1. The fraction of sp³-hybridized carbons (Fsp3) is 0.100. The quantitative estimate of drug-likeness (QED) is 0.232. The van der Waals surface area contributed by atoms with Crippen molar-refractivity contribution in [3.05, 3.63) is 75.7 Å². The Balaban J connectivity index is 2.09. The topological polar surface area (TPSA) is 76.0 Å². The van der Waals surface area contributed by atoms with E-state index in [1.54, 1.807) is 19.1 Å². The fourth-order valence-corrected chi connectivity index (χ4v) is 3.45. The molecule has 2 amide bonds. The molecule has 0 spiro atoms. The van der Waals surface area contributed by atoms with Gasteiger partial charge in [-0.2, -0.15) is 4.99 Å². The van der Waals surface area contributed by atoms with Gasteiger partial charge < -0.3 is 4.74 Å². The molecule has 3 rings (SSSR count). The van der Waals surface area contributed by atoms with Crippen LogP contribution < -0.4 is 4.90 Å². The van der Waals surface area contributed by atoms with Gasteiger partial charge >= 0.3 is 5.97 Å². The van der Waals surface area contributed by atoms with E-state index in [1.165, 1.54) is 12.1 Å². The SMILES string of the molecule is COC(=O)C=C1SC(=NC(=O)c2cc(F)c(F)c(F)c2F)N(c2ccc(C)cc2)C1=O. The number of anilines is 1. The Hall–Kier alpha value is -3.47. The molecule has 2 aromatic rings. The Morgan fingerprint density at radius 3 is 2.32 bits per heavy atom. The predicted octanol–water partition coefficient (Wildman–Crippen LogP) is 3.88. The Morgan fingerprint density at radius 2 is 1.71 bits per heavy atom. The van der Waals surface area contributed by atoms with Crippen molar-refractivity contribution in [1.29, 1.82) is 0 Å². The van der Waals surface area contributed by atoms with E-state index in [9.17, 15) is 31.9 Å². The van der Waals surface area contributed by atoms with Gasteiger partial charge in [-0.3, -0.25) is 14.5 Å². The number of methoxy groups -OCH3 is 1. The second-order valence-electron chi connectivity index (χ2n) is 6.16. The molecule has 0 radical (unpaired) electrons.